The summed E-state index contributed by atoms with van der Waals surface area (Å²) in [5, 5.41) is 11.1. The summed E-state index contributed by atoms with van der Waals surface area (Å²) in [5.74, 6) is 0.474. The molecule has 3 heterocycles. The van der Waals surface area contributed by atoms with Crippen LogP contribution >= 0.6 is 0 Å². The normalized spacial score (nSPS) is 14.9. The van der Waals surface area contributed by atoms with Crippen LogP contribution in [0.3, 0.4) is 0 Å². The summed E-state index contributed by atoms with van der Waals surface area (Å²) in [7, 11) is -3.19. The van der Waals surface area contributed by atoms with E-state index < -0.39 is 9.84 Å². The summed E-state index contributed by atoms with van der Waals surface area (Å²) in [5.41, 5.74) is 11.8. The molecule has 11 heteroatoms. The molecule has 1 saturated heterocycles. The number of amides is 1. The van der Waals surface area contributed by atoms with Gasteiger partial charge in [-0.15, -0.1) is 5.10 Å². The Hall–Kier alpha value is -3.96. The number of likely N-dealkylation sites (tertiary alicyclic amines) is 1. The number of aromatic nitrogens is 3. The van der Waals surface area contributed by atoms with Crippen molar-refractivity contribution in [1.29, 1.82) is 0 Å². The summed E-state index contributed by atoms with van der Waals surface area (Å²) >= 11 is 0. The fraction of sp³-hybridized carbons (Fsp3) is 0.321. The van der Waals surface area contributed by atoms with Crippen LogP contribution in [0, 0.1) is 6.92 Å². The number of nitrogens with two attached hydrogens (primary N) is 1. The number of aryl methyl sites for hydroxylation is 1. The molecule has 1 aliphatic heterocycles. The van der Waals surface area contributed by atoms with E-state index in [-0.39, 0.29) is 11.8 Å². The van der Waals surface area contributed by atoms with E-state index in [9.17, 15) is 13.2 Å². The van der Waals surface area contributed by atoms with Crippen LogP contribution in [0.1, 0.15) is 29.9 Å². The topological polar surface area (TPSA) is 135 Å². The number of hydrogen-bond donors (Lipinski definition) is 3. The number of carbonyl (C=O) groups is 1. The predicted molar refractivity (Wildman–Crippen MR) is 154 cm³/mol. The van der Waals surface area contributed by atoms with Gasteiger partial charge < -0.3 is 16.4 Å². The molecule has 1 fully saturated rings. The zero-order valence-electron chi connectivity index (χ0n) is 22.1. The monoisotopic (exact) mass is 547 g/mol. The molecular formula is C28H33N7O3S. The van der Waals surface area contributed by atoms with Crippen molar-refractivity contribution in [2.24, 2.45) is 5.73 Å². The number of carbonyl (C=O) groups excluding carboxylic acids is 1. The number of rotatable bonds is 9. The molecule has 0 saturated carbocycles. The van der Waals surface area contributed by atoms with E-state index in [2.05, 4.69) is 32.7 Å². The third kappa shape index (κ3) is 6.37. The van der Waals surface area contributed by atoms with Gasteiger partial charge in [0.2, 0.25) is 11.9 Å². The maximum atomic E-state index is 11.7. The van der Waals surface area contributed by atoms with Gasteiger partial charge in [0.25, 0.3) is 0 Å². The number of piperidine rings is 1. The lowest BCUT2D eigenvalue weighted by atomic mass is 9.89. The Morgan fingerprint density at radius 3 is 2.51 bits per heavy atom. The fourth-order valence-electron chi connectivity index (χ4n) is 5.08. The lowest BCUT2D eigenvalue weighted by molar-refractivity contribution is -0.119. The van der Waals surface area contributed by atoms with Crippen LogP contribution in [0.15, 0.2) is 60.8 Å². The number of nitrogens with zero attached hydrogens (tertiary/aromatic N) is 4. The zero-order valence-corrected chi connectivity index (χ0v) is 22.9. The number of benzene rings is 2. The molecule has 10 nitrogen and oxygen atoms in total. The maximum Gasteiger partial charge on any atom is 0.245 e. The molecule has 1 amide bonds. The van der Waals surface area contributed by atoms with Crippen LogP contribution in [-0.2, 0) is 14.6 Å². The molecule has 204 valence electrons. The van der Waals surface area contributed by atoms with Gasteiger partial charge in [-0.1, -0.05) is 30.3 Å². The van der Waals surface area contributed by atoms with Gasteiger partial charge in [-0.3, -0.25) is 9.69 Å². The number of primary amides is 1. The minimum Gasteiger partial charge on any atom is -0.371 e. The summed E-state index contributed by atoms with van der Waals surface area (Å²) in [4.78, 5) is 17.8. The average molecular weight is 548 g/mol. The Morgan fingerprint density at radius 1 is 1.10 bits per heavy atom. The van der Waals surface area contributed by atoms with Crippen LogP contribution in [0.4, 0.5) is 17.3 Å². The molecule has 4 aromatic rings. The second kappa shape index (κ2) is 11.0. The maximum absolute atomic E-state index is 11.7. The molecule has 0 bridgehead atoms. The first-order valence-electron chi connectivity index (χ1n) is 12.9. The lowest BCUT2D eigenvalue weighted by Gasteiger charge is -2.31. The first kappa shape index (κ1) is 26.6. The molecule has 5 rings (SSSR count). The molecule has 0 atom stereocenters. The van der Waals surface area contributed by atoms with Crippen molar-refractivity contribution in [1.82, 2.24) is 19.5 Å². The minimum absolute atomic E-state index is 0.156. The van der Waals surface area contributed by atoms with Crippen LogP contribution in [-0.4, -0.2) is 65.6 Å². The Balaban J connectivity index is 1.34. The molecule has 4 N–H and O–H groups in total. The first-order valence-corrected chi connectivity index (χ1v) is 15.0. The molecule has 0 spiro atoms. The SMILES string of the molecule is Cc1cc(-c2ccccc2NCS(C)(=O)=O)n2nc(Nc3ccc(C4CCN(CC(N)=O)CC4)cc3)ncc12. The first-order chi connectivity index (χ1) is 18.7. The van der Waals surface area contributed by atoms with Crippen molar-refractivity contribution in [3.8, 4) is 11.3 Å². The number of hydrogen-bond acceptors (Lipinski definition) is 8. The van der Waals surface area contributed by atoms with Crippen LogP contribution in [0.25, 0.3) is 16.8 Å². The van der Waals surface area contributed by atoms with Gasteiger partial charge in [-0.2, -0.15) is 0 Å². The smallest absolute Gasteiger partial charge is 0.245 e. The summed E-state index contributed by atoms with van der Waals surface area (Å²) in [6.45, 7) is 4.06. The molecular weight excluding hydrogens is 514 g/mol. The van der Waals surface area contributed by atoms with Crippen molar-refractivity contribution in [3.05, 3.63) is 71.9 Å². The Bertz CT molecular complexity index is 1590. The van der Waals surface area contributed by atoms with Gasteiger partial charge in [-0.25, -0.2) is 17.9 Å². The van der Waals surface area contributed by atoms with E-state index in [1.54, 1.807) is 6.20 Å². The predicted octanol–water partition coefficient (Wildman–Crippen LogP) is 3.53. The number of sulfone groups is 1. The average Bonchev–Trinajstić information content (AvgIpc) is 3.23. The highest BCUT2D eigenvalue weighted by Gasteiger charge is 2.21. The van der Waals surface area contributed by atoms with Gasteiger partial charge in [0.1, 0.15) is 5.88 Å². The van der Waals surface area contributed by atoms with Gasteiger partial charge in [0, 0.05) is 23.2 Å². The van der Waals surface area contributed by atoms with Crippen molar-refractivity contribution in [2.75, 3.05) is 42.4 Å². The van der Waals surface area contributed by atoms with E-state index in [4.69, 9.17) is 10.8 Å². The van der Waals surface area contributed by atoms with Crippen LogP contribution < -0.4 is 16.4 Å². The Morgan fingerprint density at radius 2 is 1.82 bits per heavy atom. The van der Waals surface area contributed by atoms with E-state index in [0.717, 1.165) is 54.0 Å². The summed E-state index contributed by atoms with van der Waals surface area (Å²) in [6, 6.07) is 17.9. The van der Waals surface area contributed by atoms with E-state index in [1.165, 1.54) is 11.8 Å². The lowest BCUT2D eigenvalue weighted by Crippen LogP contribution is -2.39. The molecule has 2 aromatic heterocycles. The number of nitrogens with one attached hydrogen (secondary N) is 2. The summed E-state index contributed by atoms with van der Waals surface area (Å²) < 4.78 is 25.3. The number of para-hydroxylation sites is 1. The molecule has 0 radical (unpaired) electrons. The second-order valence-electron chi connectivity index (χ2n) is 10.1. The quantitative estimate of drug-likeness (QED) is 0.290. The minimum atomic E-state index is -3.19. The summed E-state index contributed by atoms with van der Waals surface area (Å²) in [6.07, 6.45) is 4.98. The zero-order chi connectivity index (χ0) is 27.6. The highest BCUT2D eigenvalue weighted by atomic mass is 32.2. The Labute approximate surface area is 228 Å². The second-order valence-corrected chi connectivity index (χ2v) is 12.3. The number of fused-ring (bicyclic) bond motifs is 1. The van der Waals surface area contributed by atoms with Crippen molar-refractivity contribution >= 4 is 38.6 Å². The molecule has 1 aliphatic rings. The highest BCUT2D eigenvalue weighted by molar-refractivity contribution is 7.90. The van der Waals surface area contributed by atoms with Gasteiger partial charge >= 0.3 is 0 Å². The van der Waals surface area contributed by atoms with E-state index in [0.29, 0.717) is 24.1 Å². The van der Waals surface area contributed by atoms with Gasteiger partial charge in [0.15, 0.2) is 9.84 Å². The Kier molecular flexibility index (Phi) is 7.53. The molecule has 2 aromatic carbocycles. The van der Waals surface area contributed by atoms with Crippen LogP contribution in [0.2, 0.25) is 0 Å². The van der Waals surface area contributed by atoms with Crippen molar-refractivity contribution in [2.45, 2.75) is 25.7 Å². The molecule has 39 heavy (non-hydrogen) atoms. The van der Waals surface area contributed by atoms with Gasteiger partial charge in [-0.05, 0) is 74.2 Å². The third-order valence-corrected chi connectivity index (χ3v) is 7.72. The third-order valence-electron chi connectivity index (χ3n) is 7.05. The van der Waals surface area contributed by atoms with Crippen molar-refractivity contribution < 1.29 is 13.2 Å². The van der Waals surface area contributed by atoms with Gasteiger partial charge in [0.05, 0.1) is 24.0 Å². The number of anilines is 3. The highest BCUT2D eigenvalue weighted by Crippen LogP contribution is 2.32. The van der Waals surface area contributed by atoms with Crippen molar-refractivity contribution in [3.63, 3.8) is 0 Å². The fourth-order valence-corrected chi connectivity index (χ4v) is 5.49. The van der Waals surface area contributed by atoms with E-state index >= 15 is 0 Å². The standard InChI is InChI=1S/C28H33N7O3S/c1-19-15-25(23-5-3-4-6-24(23)31-18-39(2,37)38)35-26(19)16-30-28(33-35)32-22-9-7-20(8-10-22)21-11-13-34(14-12-21)17-27(29)36/h3-10,15-16,21,31H,11-14,17-18H2,1-2H3,(H2,29,36)(H,32,33). The molecule has 0 unspecified atom stereocenters. The van der Waals surface area contributed by atoms with Crippen LogP contribution in [0.5, 0.6) is 0 Å². The largest absolute Gasteiger partial charge is 0.371 e. The van der Waals surface area contributed by atoms with E-state index in [1.807, 2.05) is 53.9 Å². The molecule has 0 aliphatic carbocycles.